The molecule has 0 saturated heterocycles. The number of fused-ring (bicyclic) bond motifs is 1. The van der Waals surface area contributed by atoms with Crippen molar-refractivity contribution in [3.63, 3.8) is 0 Å². The number of hydrogen-bond donors (Lipinski definition) is 0. The summed E-state index contributed by atoms with van der Waals surface area (Å²) in [7, 11) is 1.95. The van der Waals surface area contributed by atoms with E-state index in [1.54, 1.807) is 24.3 Å². The van der Waals surface area contributed by atoms with Gasteiger partial charge in [-0.3, -0.25) is 4.79 Å². The van der Waals surface area contributed by atoms with E-state index in [2.05, 4.69) is 13.8 Å². The molecule has 0 N–H and O–H groups in total. The van der Waals surface area contributed by atoms with E-state index >= 15 is 0 Å². The lowest BCUT2D eigenvalue weighted by Crippen LogP contribution is -2.33. The van der Waals surface area contributed by atoms with Gasteiger partial charge in [0, 0.05) is 29.2 Å². The summed E-state index contributed by atoms with van der Waals surface area (Å²) in [6.45, 7) is 5.39. The molecule has 0 bridgehead atoms. The van der Waals surface area contributed by atoms with Crippen LogP contribution in [-0.4, -0.2) is 26.9 Å². The van der Waals surface area contributed by atoms with Crippen molar-refractivity contribution in [3.05, 3.63) is 63.9 Å². The third kappa shape index (κ3) is 4.63. The Kier molecular flexibility index (Phi) is 6.08. The first kappa shape index (κ1) is 19.7. The van der Waals surface area contributed by atoms with Crippen LogP contribution in [0.3, 0.4) is 0 Å². The standard InChI is InChI=1S/C21H23Cl2N3O/c1-14(2)9-10-26(21(27)15-5-4-6-16(22)11-15)13-20-24-18-8-7-17(23)12-19(18)25(20)3/h4-8,11-12,14H,9-10,13H2,1-3H3. The highest BCUT2D eigenvalue weighted by Gasteiger charge is 2.20. The van der Waals surface area contributed by atoms with Gasteiger partial charge in [-0.25, -0.2) is 4.98 Å². The van der Waals surface area contributed by atoms with E-state index in [1.165, 1.54) is 0 Å². The van der Waals surface area contributed by atoms with E-state index in [0.29, 0.717) is 34.6 Å². The van der Waals surface area contributed by atoms with Crippen LogP contribution >= 0.6 is 23.2 Å². The highest BCUT2D eigenvalue weighted by molar-refractivity contribution is 6.31. The molecule has 0 saturated carbocycles. The lowest BCUT2D eigenvalue weighted by Gasteiger charge is -2.23. The van der Waals surface area contributed by atoms with Crippen molar-refractivity contribution in [3.8, 4) is 0 Å². The molecule has 0 unspecified atom stereocenters. The fraction of sp³-hybridized carbons (Fsp3) is 0.333. The molecule has 1 aromatic heterocycles. The molecule has 0 aliphatic heterocycles. The fourth-order valence-corrected chi connectivity index (χ4v) is 3.35. The molecule has 0 radical (unpaired) electrons. The third-order valence-corrected chi connectivity index (χ3v) is 5.07. The first-order valence-corrected chi connectivity index (χ1v) is 9.76. The van der Waals surface area contributed by atoms with Gasteiger partial charge in [0.05, 0.1) is 17.6 Å². The SMILES string of the molecule is CC(C)CCN(Cc1nc2ccc(Cl)cc2n1C)C(=O)c1cccc(Cl)c1. The Labute approximate surface area is 169 Å². The number of aromatic nitrogens is 2. The van der Waals surface area contributed by atoms with Gasteiger partial charge in [0.15, 0.2) is 0 Å². The van der Waals surface area contributed by atoms with Crippen molar-refractivity contribution in [1.82, 2.24) is 14.5 Å². The topological polar surface area (TPSA) is 38.1 Å². The maximum Gasteiger partial charge on any atom is 0.254 e. The largest absolute Gasteiger partial charge is 0.331 e. The summed E-state index contributed by atoms with van der Waals surface area (Å²) in [5.41, 5.74) is 2.42. The molecular formula is C21H23Cl2N3O. The minimum absolute atomic E-state index is 0.0387. The number of carbonyl (C=O) groups is 1. The molecule has 0 aliphatic carbocycles. The second-order valence-electron chi connectivity index (χ2n) is 7.14. The predicted octanol–water partition coefficient (Wildman–Crippen LogP) is 5.57. The Morgan fingerprint density at radius 2 is 1.89 bits per heavy atom. The van der Waals surface area contributed by atoms with Crippen LogP contribution in [0.15, 0.2) is 42.5 Å². The highest BCUT2D eigenvalue weighted by atomic mass is 35.5. The van der Waals surface area contributed by atoms with E-state index in [1.807, 2.05) is 34.7 Å². The number of halogens is 2. The molecule has 27 heavy (non-hydrogen) atoms. The molecule has 1 heterocycles. The van der Waals surface area contributed by atoms with Gasteiger partial charge in [-0.05, 0) is 48.7 Å². The second-order valence-corrected chi connectivity index (χ2v) is 8.01. The molecule has 142 valence electrons. The average molecular weight is 404 g/mol. The van der Waals surface area contributed by atoms with E-state index < -0.39 is 0 Å². The average Bonchev–Trinajstić information content (AvgIpc) is 2.93. The predicted molar refractivity (Wildman–Crippen MR) is 111 cm³/mol. The van der Waals surface area contributed by atoms with Crippen LogP contribution in [0, 0.1) is 5.92 Å². The number of nitrogens with zero attached hydrogens (tertiary/aromatic N) is 3. The quantitative estimate of drug-likeness (QED) is 0.539. The van der Waals surface area contributed by atoms with Crippen molar-refractivity contribution in [2.75, 3.05) is 6.54 Å². The fourth-order valence-electron chi connectivity index (χ4n) is 3.00. The maximum atomic E-state index is 13.1. The molecule has 4 nitrogen and oxygen atoms in total. The number of hydrogen-bond acceptors (Lipinski definition) is 2. The summed E-state index contributed by atoms with van der Waals surface area (Å²) in [6.07, 6.45) is 0.919. The Morgan fingerprint density at radius 1 is 1.15 bits per heavy atom. The Morgan fingerprint density at radius 3 is 2.59 bits per heavy atom. The van der Waals surface area contributed by atoms with Crippen LogP contribution in [0.2, 0.25) is 10.0 Å². The van der Waals surface area contributed by atoms with Gasteiger partial charge in [0.1, 0.15) is 5.82 Å². The molecule has 6 heteroatoms. The Hall–Kier alpha value is -2.04. The summed E-state index contributed by atoms with van der Waals surface area (Å²) in [5.74, 6) is 1.29. The molecule has 1 amide bonds. The van der Waals surface area contributed by atoms with Gasteiger partial charge >= 0.3 is 0 Å². The van der Waals surface area contributed by atoms with Gasteiger partial charge in [-0.15, -0.1) is 0 Å². The number of carbonyl (C=O) groups excluding carboxylic acids is 1. The molecule has 0 atom stereocenters. The number of imidazole rings is 1. The number of amides is 1. The summed E-state index contributed by atoms with van der Waals surface area (Å²) in [4.78, 5) is 19.6. The van der Waals surface area contributed by atoms with Crippen LogP contribution in [0.4, 0.5) is 0 Å². The zero-order valence-corrected chi connectivity index (χ0v) is 17.3. The monoisotopic (exact) mass is 403 g/mol. The summed E-state index contributed by atoms with van der Waals surface area (Å²) < 4.78 is 1.99. The first-order chi connectivity index (χ1) is 12.8. The van der Waals surface area contributed by atoms with Crippen LogP contribution in [-0.2, 0) is 13.6 Å². The number of benzene rings is 2. The normalized spacial score (nSPS) is 11.3. The maximum absolute atomic E-state index is 13.1. The van der Waals surface area contributed by atoms with Crippen LogP contribution in [0.25, 0.3) is 11.0 Å². The Balaban J connectivity index is 1.91. The minimum Gasteiger partial charge on any atom is -0.331 e. The smallest absolute Gasteiger partial charge is 0.254 e. The third-order valence-electron chi connectivity index (χ3n) is 4.60. The van der Waals surface area contributed by atoms with Crippen LogP contribution < -0.4 is 0 Å². The molecule has 3 rings (SSSR count). The molecule has 3 aromatic rings. The van der Waals surface area contributed by atoms with Crippen molar-refractivity contribution >= 4 is 40.1 Å². The summed E-state index contributed by atoms with van der Waals surface area (Å²) in [5, 5.41) is 1.23. The van der Waals surface area contributed by atoms with Crippen LogP contribution in [0.5, 0.6) is 0 Å². The summed E-state index contributed by atoms with van der Waals surface area (Å²) >= 11 is 12.2. The Bertz CT molecular complexity index is 965. The zero-order valence-electron chi connectivity index (χ0n) is 15.7. The van der Waals surface area contributed by atoms with Gasteiger partial charge in [0.2, 0.25) is 0 Å². The van der Waals surface area contributed by atoms with Crippen molar-refractivity contribution < 1.29 is 4.79 Å². The van der Waals surface area contributed by atoms with Gasteiger partial charge < -0.3 is 9.47 Å². The van der Waals surface area contributed by atoms with E-state index in [9.17, 15) is 4.79 Å². The van der Waals surface area contributed by atoms with E-state index in [4.69, 9.17) is 28.2 Å². The van der Waals surface area contributed by atoms with Crippen molar-refractivity contribution in [1.29, 1.82) is 0 Å². The molecule has 2 aromatic carbocycles. The van der Waals surface area contributed by atoms with Gasteiger partial charge in [0.25, 0.3) is 5.91 Å². The van der Waals surface area contributed by atoms with E-state index in [0.717, 1.165) is 23.3 Å². The molecular weight excluding hydrogens is 381 g/mol. The first-order valence-electron chi connectivity index (χ1n) is 9.01. The minimum atomic E-state index is -0.0387. The molecule has 0 spiro atoms. The van der Waals surface area contributed by atoms with Gasteiger partial charge in [-0.1, -0.05) is 43.1 Å². The zero-order chi connectivity index (χ0) is 19.6. The van der Waals surface area contributed by atoms with Gasteiger partial charge in [-0.2, -0.15) is 0 Å². The molecule has 0 aliphatic rings. The van der Waals surface area contributed by atoms with E-state index in [-0.39, 0.29) is 5.91 Å². The number of aryl methyl sites for hydroxylation is 1. The van der Waals surface area contributed by atoms with Crippen molar-refractivity contribution in [2.24, 2.45) is 13.0 Å². The lowest BCUT2D eigenvalue weighted by atomic mass is 10.1. The highest BCUT2D eigenvalue weighted by Crippen LogP contribution is 2.22. The molecule has 0 fully saturated rings. The van der Waals surface area contributed by atoms with Crippen molar-refractivity contribution in [2.45, 2.75) is 26.8 Å². The number of rotatable bonds is 6. The summed E-state index contributed by atoms with van der Waals surface area (Å²) in [6, 6.07) is 12.7. The second kappa shape index (κ2) is 8.32. The van der Waals surface area contributed by atoms with Crippen LogP contribution in [0.1, 0.15) is 36.5 Å². The lowest BCUT2D eigenvalue weighted by molar-refractivity contribution is 0.0730.